The summed E-state index contributed by atoms with van der Waals surface area (Å²) in [7, 11) is 0. The molecule has 10 nitrogen and oxygen atoms in total. The molecule has 0 saturated heterocycles. The van der Waals surface area contributed by atoms with E-state index in [9.17, 15) is 14.7 Å². The first kappa shape index (κ1) is 28.5. The maximum absolute atomic E-state index is 12.3. The van der Waals surface area contributed by atoms with Crippen LogP contribution in [0.1, 0.15) is 31.2 Å². The number of nitrogens with zero attached hydrogens (tertiary/aromatic N) is 4. The minimum absolute atomic E-state index is 0.0175. The molecular weight excluding hydrogens is 600 g/mol. The molecule has 44 heavy (non-hydrogen) atoms. The Kier molecular flexibility index (Phi) is 8.21. The summed E-state index contributed by atoms with van der Waals surface area (Å²) in [6, 6.07) is 24.1. The van der Waals surface area contributed by atoms with E-state index in [4.69, 9.17) is 16.3 Å². The number of hydrogen-bond donors (Lipinski definition) is 3. The summed E-state index contributed by atoms with van der Waals surface area (Å²) < 4.78 is 6.71. The lowest BCUT2D eigenvalue weighted by molar-refractivity contribution is 0.0949. The zero-order valence-electron chi connectivity index (χ0n) is 22.6. The second-order valence-corrected chi connectivity index (χ2v) is 11.0. The lowest BCUT2D eigenvalue weighted by Crippen LogP contribution is -2.17. The number of aromatic hydroxyl groups is 1. The van der Waals surface area contributed by atoms with Crippen LogP contribution in [0, 0.1) is 0 Å². The minimum atomic E-state index is -0.394. The van der Waals surface area contributed by atoms with Crippen LogP contribution >= 0.6 is 22.9 Å². The molecule has 2 amide bonds. The largest absolute Gasteiger partial charge is 0.506 e. The van der Waals surface area contributed by atoms with Gasteiger partial charge >= 0.3 is 0 Å². The first-order valence-corrected chi connectivity index (χ1v) is 14.3. The second-order valence-electron chi connectivity index (χ2n) is 9.26. The normalized spacial score (nSPS) is 11.4. The average molecular weight is 621 g/mol. The Hall–Kier alpha value is -5.65. The van der Waals surface area contributed by atoms with Gasteiger partial charge in [0, 0.05) is 33.7 Å². The highest BCUT2D eigenvalue weighted by molar-refractivity contribution is 7.18. The van der Waals surface area contributed by atoms with Crippen LogP contribution in [-0.2, 0) is 0 Å². The number of aromatic nitrogens is 2. The minimum Gasteiger partial charge on any atom is -0.506 e. The highest BCUT2D eigenvalue weighted by Crippen LogP contribution is 2.33. The number of carbonyl (C=O) groups excluding carboxylic acids is 2. The van der Waals surface area contributed by atoms with E-state index in [2.05, 4.69) is 31.0 Å². The monoisotopic (exact) mass is 620 g/mol. The Bertz CT molecular complexity index is 2080. The van der Waals surface area contributed by atoms with Gasteiger partial charge in [-0.15, -0.1) is 11.3 Å². The van der Waals surface area contributed by atoms with Crippen LogP contribution in [0.4, 0.5) is 0 Å². The van der Waals surface area contributed by atoms with Gasteiger partial charge in [0.1, 0.15) is 22.5 Å². The summed E-state index contributed by atoms with van der Waals surface area (Å²) in [4.78, 5) is 34.0. The van der Waals surface area contributed by atoms with Crippen molar-refractivity contribution < 1.29 is 19.4 Å². The Balaban J connectivity index is 1.24. The molecule has 0 radical (unpaired) electrons. The van der Waals surface area contributed by atoms with Gasteiger partial charge < -0.3 is 9.84 Å². The number of carbonyl (C=O) groups is 2. The van der Waals surface area contributed by atoms with Gasteiger partial charge in [0.05, 0.1) is 27.8 Å². The van der Waals surface area contributed by atoms with Crippen LogP contribution < -0.4 is 15.6 Å². The second kappa shape index (κ2) is 12.7. The number of halogens is 1. The summed E-state index contributed by atoms with van der Waals surface area (Å²) in [5, 5.41) is 19.9. The molecule has 0 spiro atoms. The number of thiophene rings is 1. The number of benzene rings is 3. The van der Waals surface area contributed by atoms with Crippen molar-refractivity contribution in [2.75, 3.05) is 0 Å². The topological polar surface area (TPSA) is 138 Å². The maximum atomic E-state index is 12.3. The quantitative estimate of drug-likeness (QED) is 0.131. The van der Waals surface area contributed by atoms with Gasteiger partial charge in [-0.2, -0.15) is 10.2 Å². The molecule has 3 heterocycles. The fraction of sp³-hybridized carbons (Fsp3) is 0. The fourth-order valence-electron chi connectivity index (χ4n) is 4.33. The Labute approximate surface area is 259 Å². The average Bonchev–Trinajstić information content (AvgIpc) is 3.49. The SMILES string of the molecule is O=C(N/N=C/c1ccc(Oc2cnc3c(O)ccc(/C=N/NC(=O)c4ccc(Cl)s4)c3c2)c2ncccc12)c1ccccc1. The number of hydrazone groups is 2. The van der Waals surface area contributed by atoms with Gasteiger partial charge in [0.15, 0.2) is 5.75 Å². The van der Waals surface area contributed by atoms with Gasteiger partial charge in [-0.05, 0) is 60.7 Å². The van der Waals surface area contributed by atoms with Gasteiger partial charge in [-0.1, -0.05) is 35.9 Å². The molecule has 0 aliphatic carbocycles. The number of phenolic OH excluding ortho intramolecular Hbond substituents is 1. The Morgan fingerprint density at radius 3 is 2.34 bits per heavy atom. The van der Waals surface area contributed by atoms with Crippen LogP contribution in [0.2, 0.25) is 4.34 Å². The van der Waals surface area contributed by atoms with Crippen molar-refractivity contribution in [3.63, 3.8) is 0 Å². The number of amides is 2. The van der Waals surface area contributed by atoms with E-state index in [-0.39, 0.29) is 11.7 Å². The van der Waals surface area contributed by atoms with Crippen molar-refractivity contribution in [1.82, 2.24) is 20.8 Å². The van der Waals surface area contributed by atoms with Crippen LogP contribution in [0.3, 0.4) is 0 Å². The van der Waals surface area contributed by atoms with Gasteiger partial charge in [-0.3, -0.25) is 14.6 Å². The lowest BCUT2D eigenvalue weighted by Gasteiger charge is -2.11. The molecule has 3 N–H and O–H groups in total. The molecular formula is C32H21ClN6O4S. The summed E-state index contributed by atoms with van der Waals surface area (Å²) in [5.41, 5.74) is 7.73. The predicted molar refractivity (Wildman–Crippen MR) is 171 cm³/mol. The Morgan fingerprint density at radius 2 is 1.57 bits per heavy atom. The molecule has 6 rings (SSSR count). The smallest absolute Gasteiger partial charge is 0.281 e. The van der Waals surface area contributed by atoms with Crippen molar-refractivity contribution in [3.8, 4) is 17.2 Å². The zero-order valence-corrected chi connectivity index (χ0v) is 24.2. The molecule has 0 atom stereocenters. The van der Waals surface area contributed by atoms with Crippen molar-refractivity contribution in [3.05, 3.63) is 123 Å². The van der Waals surface area contributed by atoms with E-state index in [0.29, 0.717) is 48.3 Å². The van der Waals surface area contributed by atoms with Crippen LogP contribution in [0.25, 0.3) is 21.8 Å². The molecule has 0 fully saturated rings. The third-order valence-electron chi connectivity index (χ3n) is 6.40. The van der Waals surface area contributed by atoms with Crippen molar-refractivity contribution in [2.45, 2.75) is 0 Å². The number of phenols is 1. The highest BCUT2D eigenvalue weighted by atomic mass is 35.5. The number of fused-ring (bicyclic) bond motifs is 2. The molecule has 6 aromatic rings. The molecule has 3 aromatic heterocycles. The van der Waals surface area contributed by atoms with E-state index in [1.807, 2.05) is 12.1 Å². The first-order valence-electron chi connectivity index (χ1n) is 13.1. The van der Waals surface area contributed by atoms with E-state index >= 15 is 0 Å². The van der Waals surface area contributed by atoms with E-state index in [1.54, 1.807) is 79.1 Å². The predicted octanol–water partition coefficient (Wildman–Crippen LogP) is 6.52. The zero-order chi connectivity index (χ0) is 30.5. The van der Waals surface area contributed by atoms with Gasteiger partial charge in [0.25, 0.3) is 11.8 Å². The van der Waals surface area contributed by atoms with Crippen molar-refractivity contribution >= 4 is 69.0 Å². The number of nitrogens with one attached hydrogen (secondary N) is 2. The molecule has 3 aromatic carbocycles. The van der Waals surface area contributed by atoms with Gasteiger partial charge in [0.2, 0.25) is 0 Å². The van der Waals surface area contributed by atoms with Crippen LogP contribution in [0.5, 0.6) is 17.2 Å². The molecule has 0 aliphatic heterocycles. The van der Waals surface area contributed by atoms with Crippen molar-refractivity contribution in [1.29, 1.82) is 0 Å². The van der Waals surface area contributed by atoms with Crippen LogP contribution in [-0.4, -0.2) is 39.3 Å². The summed E-state index contributed by atoms with van der Waals surface area (Å²) >= 11 is 7.06. The standard InChI is InChI=1S/C32H21ClN6O4S/c33-28-13-12-27(44-28)32(42)39-37-17-21-8-10-25(40)29-24(21)15-22(18-35-29)43-26-11-9-20(23-7-4-14-34-30(23)26)16-36-38-31(41)19-5-2-1-3-6-19/h1-18,40H,(H,38,41)(H,39,42)/b36-16+,37-17+. The van der Waals surface area contributed by atoms with Gasteiger partial charge in [-0.25, -0.2) is 15.8 Å². The summed E-state index contributed by atoms with van der Waals surface area (Å²) in [6.07, 6.45) is 6.15. The van der Waals surface area contributed by atoms with E-state index in [1.165, 1.54) is 18.5 Å². The molecule has 12 heteroatoms. The van der Waals surface area contributed by atoms with Crippen LogP contribution in [0.15, 0.2) is 108 Å². The molecule has 216 valence electrons. The molecule has 0 bridgehead atoms. The maximum Gasteiger partial charge on any atom is 0.281 e. The number of pyridine rings is 2. The molecule has 0 unspecified atom stereocenters. The Morgan fingerprint density at radius 1 is 0.818 bits per heavy atom. The fourth-order valence-corrected chi connectivity index (χ4v) is 5.27. The molecule has 0 aliphatic rings. The summed E-state index contributed by atoms with van der Waals surface area (Å²) in [6.45, 7) is 0. The van der Waals surface area contributed by atoms with Crippen molar-refractivity contribution in [2.24, 2.45) is 10.2 Å². The number of hydrogen-bond acceptors (Lipinski definition) is 9. The third kappa shape index (κ3) is 6.24. The third-order valence-corrected chi connectivity index (χ3v) is 7.63. The summed E-state index contributed by atoms with van der Waals surface area (Å²) in [5.74, 6) is 0.118. The highest BCUT2D eigenvalue weighted by Gasteiger charge is 2.13. The first-order chi connectivity index (χ1) is 21.5. The molecule has 0 saturated carbocycles. The number of ether oxygens (including phenoxy) is 1. The van der Waals surface area contributed by atoms with E-state index in [0.717, 1.165) is 22.3 Å². The van der Waals surface area contributed by atoms with E-state index < -0.39 is 5.91 Å². The number of rotatable bonds is 8. The lowest BCUT2D eigenvalue weighted by atomic mass is 10.1.